The summed E-state index contributed by atoms with van der Waals surface area (Å²) < 4.78 is 5.78. The minimum absolute atomic E-state index is 0.0329. The van der Waals surface area contributed by atoms with Gasteiger partial charge < -0.3 is 10.1 Å². The highest BCUT2D eigenvalue weighted by atomic mass is 16.5. The van der Waals surface area contributed by atoms with Crippen molar-refractivity contribution in [2.75, 3.05) is 6.54 Å². The van der Waals surface area contributed by atoms with Gasteiger partial charge in [-0.1, -0.05) is 39.0 Å². The summed E-state index contributed by atoms with van der Waals surface area (Å²) in [5, 5.41) is 2.91. The highest BCUT2D eigenvalue weighted by Crippen LogP contribution is 2.18. The van der Waals surface area contributed by atoms with Crippen LogP contribution < -0.4 is 10.1 Å². The lowest BCUT2D eigenvalue weighted by Gasteiger charge is -2.19. The summed E-state index contributed by atoms with van der Waals surface area (Å²) in [7, 11) is 0. The standard InChI is InChI=1S/C15H23NO2/c1-5-13(15(17)16-10-11(2)3)18-14-9-7-6-8-12(14)4/h6-9,11,13H,5,10H2,1-4H3,(H,16,17)/t13-/m1/s1. The van der Waals surface area contributed by atoms with Gasteiger partial charge in [0.05, 0.1) is 0 Å². The van der Waals surface area contributed by atoms with Gasteiger partial charge in [0.1, 0.15) is 5.75 Å². The zero-order valence-electron chi connectivity index (χ0n) is 11.7. The molecule has 1 aromatic carbocycles. The van der Waals surface area contributed by atoms with E-state index in [2.05, 4.69) is 19.2 Å². The van der Waals surface area contributed by atoms with Gasteiger partial charge in [0.15, 0.2) is 6.10 Å². The fraction of sp³-hybridized carbons (Fsp3) is 0.533. The van der Waals surface area contributed by atoms with Crippen molar-refractivity contribution in [3.8, 4) is 5.75 Å². The van der Waals surface area contributed by atoms with Gasteiger partial charge in [-0.2, -0.15) is 0 Å². The molecule has 1 amide bonds. The van der Waals surface area contributed by atoms with Gasteiger partial charge in [0, 0.05) is 6.54 Å². The lowest BCUT2D eigenvalue weighted by Crippen LogP contribution is -2.39. The van der Waals surface area contributed by atoms with E-state index in [0.29, 0.717) is 18.9 Å². The Labute approximate surface area is 110 Å². The number of para-hydroxylation sites is 1. The molecule has 0 aliphatic carbocycles. The molecule has 1 atom stereocenters. The molecule has 100 valence electrons. The minimum Gasteiger partial charge on any atom is -0.480 e. The predicted octanol–water partition coefficient (Wildman–Crippen LogP) is 2.92. The third-order valence-corrected chi connectivity index (χ3v) is 2.71. The van der Waals surface area contributed by atoms with Crippen LogP contribution in [0.2, 0.25) is 0 Å². The number of ether oxygens (including phenoxy) is 1. The molecule has 0 saturated heterocycles. The van der Waals surface area contributed by atoms with E-state index >= 15 is 0 Å². The molecule has 0 aromatic heterocycles. The fourth-order valence-corrected chi connectivity index (χ4v) is 1.58. The molecule has 1 rings (SSSR count). The van der Waals surface area contributed by atoms with Crippen LogP contribution >= 0.6 is 0 Å². The van der Waals surface area contributed by atoms with Crippen LogP contribution in [0.4, 0.5) is 0 Å². The molecule has 18 heavy (non-hydrogen) atoms. The number of benzene rings is 1. The number of hydrogen-bond acceptors (Lipinski definition) is 2. The van der Waals surface area contributed by atoms with Crippen molar-refractivity contribution in [1.82, 2.24) is 5.32 Å². The van der Waals surface area contributed by atoms with Gasteiger partial charge >= 0.3 is 0 Å². The van der Waals surface area contributed by atoms with E-state index in [9.17, 15) is 4.79 Å². The van der Waals surface area contributed by atoms with E-state index in [0.717, 1.165) is 11.3 Å². The second-order valence-corrected chi connectivity index (χ2v) is 4.92. The normalized spacial score (nSPS) is 12.3. The largest absolute Gasteiger partial charge is 0.480 e. The highest BCUT2D eigenvalue weighted by molar-refractivity contribution is 5.81. The Bertz CT molecular complexity index is 388. The Balaban J connectivity index is 2.62. The fourth-order valence-electron chi connectivity index (χ4n) is 1.58. The van der Waals surface area contributed by atoms with Crippen molar-refractivity contribution in [2.45, 2.75) is 40.2 Å². The van der Waals surface area contributed by atoms with Crippen LogP contribution in [-0.4, -0.2) is 18.6 Å². The monoisotopic (exact) mass is 249 g/mol. The van der Waals surface area contributed by atoms with Gasteiger partial charge in [0.25, 0.3) is 5.91 Å². The van der Waals surface area contributed by atoms with Crippen molar-refractivity contribution < 1.29 is 9.53 Å². The van der Waals surface area contributed by atoms with E-state index in [1.54, 1.807) is 0 Å². The first-order chi connectivity index (χ1) is 8.54. The van der Waals surface area contributed by atoms with Crippen LogP contribution in [-0.2, 0) is 4.79 Å². The second kappa shape index (κ2) is 7.04. The molecule has 0 saturated carbocycles. The van der Waals surface area contributed by atoms with Crippen molar-refractivity contribution >= 4 is 5.91 Å². The van der Waals surface area contributed by atoms with Crippen LogP contribution in [0.1, 0.15) is 32.8 Å². The first-order valence-corrected chi connectivity index (χ1v) is 6.54. The molecule has 1 aromatic rings. The van der Waals surface area contributed by atoms with Gasteiger partial charge in [-0.3, -0.25) is 4.79 Å². The number of nitrogens with one attached hydrogen (secondary N) is 1. The molecule has 0 aliphatic heterocycles. The van der Waals surface area contributed by atoms with Gasteiger partial charge in [-0.25, -0.2) is 0 Å². The van der Waals surface area contributed by atoms with Gasteiger partial charge in [-0.15, -0.1) is 0 Å². The molecule has 3 nitrogen and oxygen atoms in total. The number of rotatable bonds is 6. The molecule has 0 spiro atoms. The Morgan fingerprint density at radius 2 is 2.00 bits per heavy atom. The predicted molar refractivity (Wildman–Crippen MR) is 73.7 cm³/mol. The quantitative estimate of drug-likeness (QED) is 0.841. The summed E-state index contributed by atoms with van der Waals surface area (Å²) in [6.45, 7) is 8.77. The van der Waals surface area contributed by atoms with Crippen LogP contribution in [0.15, 0.2) is 24.3 Å². The third-order valence-electron chi connectivity index (χ3n) is 2.71. The van der Waals surface area contributed by atoms with Gasteiger partial charge in [0.2, 0.25) is 0 Å². The molecule has 3 heteroatoms. The van der Waals surface area contributed by atoms with E-state index < -0.39 is 6.10 Å². The maximum atomic E-state index is 12.0. The zero-order chi connectivity index (χ0) is 13.5. The summed E-state index contributed by atoms with van der Waals surface area (Å²) >= 11 is 0. The third kappa shape index (κ3) is 4.40. The number of amides is 1. The Hall–Kier alpha value is -1.51. The first-order valence-electron chi connectivity index (χ1n) is 6.54. The van der Waals surface area contributed by atoms with Crippen LogP contribution in [0.25, 0.3) is 0 Å². The lowest BCUT2D eigenvalue weighted by atomic mass is 10.2. The highest BCUT2D eigenvalue weighted by Gasteiger charge is 2.18. The van der Waals surface area contributed by atoms with E-state index in [1.807, 2.05) is 38.1 Å². The second-order valence-electron chi connectivity index (χ2n) is 4.92. The molecule has 0 radical (unpaired) electrons. The summed E-state index contributed by atoms with van der Waals surface area (Å²) in [5.41, 5.74) is 1.05. The number of carbonyl (C=O) groups excluding carboxylic acids is 1. The number of hydrogen-bond donors (Lipinski definition) is 1. The Kier molecular flexibility index (Phi) is 5.69. The summed E-state index contributed by atoms with van der Waals surface area (Å²) in [5.74, 6) is 1.20. The average Bonchev–Trinajstić information content (AvgIpc) is 2.35. The molecule has 0 fully saturated rings. The maximum Gasteiger partial charge on any atom is 0.261 e. The maximum absolute atomic E-state index is 12.0. The summed E-state index contributed by atoms with van der Waals surface area (Å²) in [6, 6.07) is 7.75. The lowest BCUT2D eigenvalue weighted by molar-refractivity contribution is -0.128. The molecular weight excluding hydrogens is 226 g/mol. The molecule has 1 N–H and O–H groups in total. The van der Waals surface area contributed by atoms with Gasteiger partial charge in [-0.05, 0) is 30.9 Å². The smallest absolute Gasteiger partial charge is 0.261 e. The SMILES string of the molecule is CC[C@@H](Oc1ccccc1C)C(=O)NCC(C)C. The van der Waals surface area contributed by atoms with E-state index in [4.69, 9.17) is 4.74 Å². The molecule has 0 unspecified atom stereocenters. The van der Waals surface area contributed by atoms with E-state index in [1.165, 1.54) is 0 Å². The van der Waals surface area contributed by atoms with Crippen molar-refractivity contribution in [3.63, 3.8) is 0 Å². The molecular formula is C15H23NO2. The van der Waals surface area contributed by atoms with Crippen molar-refractivity contribution in [1.29, 1.82) is 0 Å². The Morgan fingerprint density at radius 1 is 1.33 bits per heavy atom. The van der Waals surface area contributed by atoms with Crippen molar-refractivity contribution in [2.24, 2.45) is 5.92 Å². The number of aryl methyl sites for hydroxylation is 1. The van der Waals surface area contributed by atoms with Crippen molar-refractivity contribution in [3.05, 3.63) is 29.8 Å². The summed E-state index contributed by atoms with van der Waals surface area (Å²) in [4.78, 5) is 12.0. The first kappa shape index (κ1) is 14.6. The molecule has 0 bridgehead atoms. The number of carbonyl (C=O) groups is 1. The zero-order valence-corrected chi connectivity index (χ0v) is 11.7. The molecule has 0 heterocycles. The minimum atomic E-state index is -0.412. The topological polar surface area (TPSA) is 38.3 Å². The average molecular weight is 249 g/mol. The molecule has 0 aliphatic rings. The van der Waals surface area contributed by atoms with Crippen LogP contribution in [0.5, 0.6) is 5.75 Å². The van der Waals surface area contributed by atoms with E-state index in [-0.39, 0.29) is 5.91 Å². The summed E-state index contributed by atoms with van der Waals surface area (Å²) in [6.07, 6.45) is 0.253. The van der Waals surface area contributed by atoms with Crippen LogP contribution in [0.3, 0.4) is 0 Å². The van der Waals surface area contributed by atoms with Crippen LogP contribution in [0, 0.1) is 12.8 Å². The Morgan fingerprint density at radius 3 is 2.56 bits per heavy atom.